The molecule has 7 heteroatoms. The molecule has 0 bridgehead atoms. The van der Waals surface area contributed by atoms with Crippen LogP contribution in [-0.2, 0) is 5.75 Å². The molecule has 0 aliphatic heterocycles. The molecule has 3 aromatic rings. The van der Waals surface area contributed by atoms with Crippen LogP contribution in [0.4, 0.5) is 11.5 Å². The van der Waals surface area contributed by atoms with E-state index in [2.05, 4.69) is 4.98 Å². The number of nitrogen functional groups attached to an aromatic ring is 1. The van der Waals surface area contributed by atoms with Crippen LogP contribution < -0.4 is 5.73 Å². The van der Waals surface area contributed by atoms with Crippen molar-refractivity contribution in [1.29, 1.82) is 0 Å². The number of hydrogen-bond acceptors (Lipinski definition) is 5. The number of nitrogens with two attached hydrogens (primary N) is 1. The van der Waals surface area contributed by atoms with Crippen molar-refractivity contribution < 1.29 is 4.92 Å². The smallest absolute Gasteiger partial charge is 0.351 e. The van der Waals surface area contributed by atoms with Crippen molar-refractivity contribution in [2.24, 2.45) is 0 Å². The van der Waals surface area contributed by atoms with Gasteiger partial charge in [0, 0.05) is 22.4 Å². The molecule has 21 heavy (non-hydrogen) atoms. The average molecular weight is 300 g/mol. The first kappa shape index (κ1) is 13.4. The zero-order valence-corrected chi connectivity index (χ0v) is 11.8. The molecule has 0 radical (unpaired) electrons. The van der Waals surface area contributed by atoms with E-state index in [9.17, 15) is 10.1 Å². The summed E-state index contributed by atoms with van der Waals surface area (Å²) in [6.45, 7) is 0. The summed E-state index contributed by atoms with van der Waals surface area (Å²) in [5.41, 5.74) is 7.37. The van der Waals surface area contributed by atoms with Gasteiger partial charge in [0.25, 0.3) is 0 Å². The normalized spacial score (nSPS) is 10.9. The number of thioether (sulfide) groups is 1. The maximum Gasteiger partial charge on any atom is 0.351 e. The number of aromatic nitrogens is 2. The number of rotatable bonds is 4. The van der Waals surface area contributed by atoms with E-state index in [4.69, 9.17) is 5.73 Å². The number of nitrogens with zero attached hydrogens (tertiary/aromatic N) is 3. The third-order valence-corrected chi connectivity index (χ3v) is 4.03. The number of hydrogen-bond donors (Lipinski definition) is 1. The fourth-order valence-electron chi connectivity index (χ4n) is 2.04. The maximum absolute atomic E-state index is 11.3. The predicted octanol–water partition coefficient (Wildman–Crippen LogP) is 3.12. The molecule has 0 saturated carbocycles. The highest BCUT2D eigenvalue weighted by atomic mass is 32.2. The molecule has 0 amide bonds. The van der Waals surface area contributed by atoms with Crippen LogP contribution in [-0.4, -0.2) is 14.3 Å². The highest BCUT2D eigenvalue weighted by molar-refractivity contribution is 7.98. The van der Waals surface area contributed by atoms with Gasteiger partial charge in [0.05, 0.1) is 6.20 Å². The lowest BCUT2D eigenvalue weighted by molar-refractivity contribution is -0.391. The second-order valence-corrected chi connectivity index (χ2v) is 5.47. The van der Waals surface area contributed by atoms with E-state index in [1.165, 1.54) is 16.2 Å². The van der Waals surface area contributed by atoms with Crippen molar-refractivity contribution in [1.82, 2.24) is 9.38 Å². The van der Waals surface area contributed by atoms with Crippen molar-refractivity contribution >= 4 is 28.9 Å². The quantitative estimate of drug-likeness (QED) is 0.346. The summed E-state index contributed by atoms with van der Waals surface area (Å²) in [4.78, 5) is 16.2. The van der Waals surface area contributed by atoms with Gasteiger partial charge in [0.1, 0.15) is 5.69 Å². The minimum atomic E-state index is -0.390. The van der Waals surface area contributed by atoms with E-state index in [-0.39, 0.29) is 5.82 Å². The van der Waals surface area contributed by atoms with Crippen molar-refractivity contribution in [2.45, 2.75) is 10.6 Å². The number of anilines is 1. The lowest BCUT2D eigenvalue weighted by Gasteiger charge is -2.00. The molecule has 0 saturated heterocycles. The molecule has 0 atom stereocenters. The number of fused-ring (bicyclic) bond motifs is 1. The predicted molar refractivity (Wildman–Crippen MR) is 82.3 cm³/mol. The first-order valence-corrected chi connectivity index (χ1v) is 7.22. The Labute approximate surface area is 124 Å². The van der Waals surface area contributed by atoms with E-state index in [1.807, 2.05) is 18.2 Å². The molecule has 0 spiro atoms. The van der Waals surface area contributed by atoms with Crippen LogP contribution in [0.2, 0.25) is 0 Å². The van der Waals surface area contributed by atoms with Crippen molar-refractivity contribution in [2.75, 3.05) is 5.73 Å². The topological polar surface area (TPSA) is 86.5 Å². The van der Waals surface area contributed by atoms with Crippen molar-refractivity contribution in [3.05, 3.63) is 64.5 Å². The summed E-state index contributed by atoms with van der Waals surface area (Å²) in [7, 11) is 0. The molecule has 0 fully saturated rings. The Balaban J connectivity index is 1.91. The molecular formula is C14H12N4O2S. The van der Waals surface area contributed by atoms with Gasteiger partial charge >= 0.3 is 5.82 Å². The third kappa shape index (κ3) is 2.68. The second kappa shape index (κ2) is 5.45. The van der Waals surface area contributed by atoms with Gasteiger partial charge in [-0.05, 0) is 35.3 Å². The van der Waals surface area contributed by atoms with Gasteiger partial charge in [-0.15, -0.1) is 11.8 Å². The van der Waals surface area contributed by atoms with Crippen molar-refractivity contribution in [3.63, 3.8) is 0 Å². The fraction of sp³-hybridized carbons (Fsp3) is 0.0714. The molecule has 0 aliphatic carbocycles. The Morgan fingerprint density at radius 3 is 2.71 bits per heavy atom. The number of benzene rings is 1. The minimum absolute atomic E-state index is 0.0218. The first-order valence-electron chi connectivity index (χ1n) is 6.24. The Kier molecular flexibility index (Phi) is 3.49. The number of pyridine rings is 1. The van der Waals surface area contributed by atoms with Crippen LogP contribution >= 0.6 is 11.8 Å². The summed E-state index contributed by atoms with van der Waals surface area (Å²) in [5, 5.41) is 11.3. The van der Waals surface area contributed by atoms with Gasteiger partial charge in [-0.3, -0.25) is 0 Å². The molecule has 3 rings (SSSR count). The Hall–Kier alpha value is -2.54. The summed E-state index contributed by atoms with van der Waals surface area (Å²) in [5.74, 6) is 0.454. The SMILES string of the molecule is Nc1ccc(SCc2nc3ccccn3c2[N+](=O)[O-])cc1. The zero-order chi connectivity index (χ0) is 14.8. The first-order chi connectivity index (χ1) is 10.1. The fourth-order valence-corrected chi connectivity index (χ4v) is 2.86. The summed E-state index contributed by atoms with van der Waals surface area (Å²) in [6, 6.07) is 12.7. The van der Waals surface area contributed by atoms with E-state index >= 15 is 0 Å². The molecule has 1 aromatic carbocycles. The summed E-state index contributed by atoms with van der Waals surface area (Å²) in [6.07, 6.45) is 1.65. The van der Waals surface area contributed by atoms with E-state index in [1.54, 1.807) is 30.5 Å². The van der Waals surface area contributed by atoms with Gasteiger partial charge in [0.15, 0.2) is 0 Å². The lowest BCUT2D eigenvalue weighted by atomic mass is 10.3. The maximum atomic E-state index is 11.3. The van der Waals surface area contributed by atoms with Gasteiger partial charge in [-0.2, -0.15) is 4.40 Å². The molecule has 106 valence electrons. The van der Waals surface area contributed by atoms with Crippen LogP contribution in [0, 0.1) is 10.1 Å². The lowest BCUT2D eigenvalue weighted by Crippen LogP contribution is -1.96. The van der Waals surface area contributed by atoms with Gasteiger partial charge in [-0.25, -0.2) is 4.98 Å². The largest absolute Gasteiger partial charge is 0.399 e. The molecule has 2 N–H and O–H groups in total. The average Bonchev–Trinajstić information content (AvgIpc) is 2.85. The molecule has 6 nitrogen and oxygen atoms in total. The minimum Gasteiger partial charge on any atom is -0.399 e. The zero-order valence-electron chi connectivity index (χ0n) is 11.0. The van der Waals surface area contributed by atoms with Gasteiger partial charge < -0.3 is 15.8 Å². The second-order valence-electron chi connectivity index (χ2n) is 4.43. The van der Waals surface area contributed by atoms with Crippen LogP contribution in [0.3, 0.4) is 0 Å². The number of imidazole rings is 1. The van der Waals surface area contributed by atoms with Crippen LogP contribution in [0.15, 0.2) is 53.6 Å². The summed E-state index contributed by atoms with van der Waals surface area (Å²) < 4.78 is 1.50. The Bertz CT molecular complexity index is 798. The van der Waals surface area contributed by atoms with E-state index in [0.29, 0.717) is 22.8 Å². The van der Waals surface area contributed by atoms with Crippen molar-refractivity contribution in [3.8, 4) is 0 Å². The molecule has 0 unspecified atom stereocenters. The van der Waals surface area contributed by atoms with Crippen LogP contribution in [0.25, 0.3) is 5.65 Å². The molecule has 2 aromatic heterocycles. The van der Waals surface area contributed by atoms with Gasteiger partial charge in [0.2, 0.25) is 5.65 Å². The van der Waals surface area contributed by atoms with E-state index < -0.39 is 4.92 Å². The van der Waals surface area contributed by atoms with E-state index in [0.717, 1.165) is 4.90 Å². The van der Waals surface area contributed by atoms with Crippen LogP contribution in [0.1, 0.15) is 5.69 Å². The Morgan fingerprint density at radius 1 is 1.24 bits per heavy atom. The molecule has 0 aliphatic rings. The third-order valence-electron chi connectivity index (χ3n) is 3.00. The Morgan fingerprint density at radius 2 is 2.00 bits per heavy atom. The summed E-state index contributed by atoms with van der Waals surface area (Å²) >= 11 is 1.49. The standard InChI is InChI=1S/C14H12N4O2S/c15-10-4-6-11(7-5-10)21-9-12-14(18(19)20)17-8-2-1-3-13(17)16-12/h1-8H,9,15H2. The highest BCUT2D eigenvalue weighted by Gasteiger charge is 2.21. The van der Waals surface area contributed by atoms with Gasteiger partial charge in [-0.1, -0.05) is 6.07 Å². The molecule has 2 heterocycles. The van der Waals surface area contributed by atoms with Crippen LogP contribution in [0.5, 0.6) is 0 Å². The number of nitro groups is 1. The molecular weight excluding hydrogens is 288 g/mol. The monoisotopic (exact) mass is 300 g/mol. The highest BCUT2D eigenvalue weighted by Crippen LogP contribution is 2.28.